The average molecular weight is 301 g/mol. The molecule has 108 valence electrons. The molecule has 2 rings (SSSR count). The van der Waals surface area contributed by atoms with Crippen molar-refractivity contribution in [3.63, 3.8) is 0 Å². The molecule has 19 heavy (non-hydrogen) atoms. The average Bonchev–Trinajstić information content (AvgIpc) is 2.54. The highest BCUT2D eigenvalue weighted by Gasteiger charge is 2.55. The first-order valence-corrected chi connectivity index (χ1v) is 6.94. The highest BCUT2D eigenvalue weighted by Crippen LogP contribution is 2.39. The highest BCUT2D eigenvalue weighted by atomic mass is 32.2. The maximum Gasteiger partial charge on any atom is 0.525 e. The van der Waals surface area contributed by atoms with Gasteiger partial charge in [-0.15, -0.1) is 9.35 Å². The van der Waals surface area contributed by atoms with Crippen molar-refractivity contribution in [3.05, 3.63) is 0 Å². The van der Waals surface area contributed by atoms with Crippen LogP contribution in [0.15, 0.2) is 0 Å². The first kappa shape index (κ1) is 14.3. The van der Waals surface area contributed by atoms with Crippen LogP contribution in [0.25, 0.3) is 0 Å². The smallest absolute Gasteiger partial charge is 0.272 e. The van der Waals surface area contributed by atoms with E-state index in [0.717, 1.165) is 0 Å². The predicted octanol–water partition coefficient (Wildman–Crippen LogP) is 0.943. The Morgan fingerprint density at radius 1 is 1.05 bits per heavy atom. The van der Waals surface area contributed by atoms with Crippen molar-refractivity contribution >= 4 is 21.9 Å². The van der Waals surface area contributed by atoms with Crippen molar-refractivity contribution in [1.82, 2.24) is 5.06 Å². The summed E-state index contributed by atoms with van der Waals surface area (Å²) in [5, 5.41) is -0.247. The van der Waals surface area contributed by atoms with Crippen LogP contribution < -0.4 is 0 Å². The van der Waals surface area contributed by atoms with E-state index in [-0.39, 0.29) is 5.06 Å². The Bertz CT molecular complexity index is 490. The number of hydrogen-bond acceptors (Lipinski definition) is 5. The second kappa shape index (κ2) is 4.44. The molecule has 0 aromatic carbocycles. The third-order valence-corrected chi connectivity index (χ3v) is 4.17. The Morgan fingerprint density at radius 3 is 1.84 bits per heavy atom. The second-order valence-electron chi connectivity index (χ2n) is 4.44. The highest BCUT2D eigenvalue weighted by molar-refractivity contribution is 7.87. The zero-order chi connectivity index (χ0) is 14.4. The molecule has 1 saturated heterocycles. The number of fused-ring (bicyclic) bond motifs is 1. The first-order chi connectivity index (χ1) is 8.65. The number of carbonyl (C=O) groups excluding carboxylic acids is 2. The van der Waals surface area contributed by atoms with Gasteiger partial charge < -0.3 is 0 Å². The Kier molecular flexibility index (Phi) is 3.33. The number of amides is 2. The molecule has 1 aliphatic carbocycles. The van der Waals surface area contributed by atoms with Crippen LogP contribution in [0, 0.1) is 11.8 Å². The van der Waals surface area contributed by atoms with E-state index in [1.165, 1.54) is 0 Å². The van der Waals surface area contributed by atoms with Crippen LogP contribution in [0.4, 0.5) is 13.2 Å². The number of halogens is 3. The van der Waals surface area contributed by atoms with Crippen molar-refractivity contribution in [2.75, 3.05) is 0 Å². The number of imide groups is 1. The molecule has 2 unspecified atom stereocenters. The molecule has 2 fully saturated rings. The van der Waals surface area contributed by atoms with Gasteiger partial charge in [0.2, 0.25) is 0 Å². The summed E-state index contributed by atoms with van der Waals surface area (Å²) in [6.07, 6.45) is 2.03. The summed E-state index contributed by atoms with van der Waals surface area (Å²) in [6, 6.07) is 0. The standard InChI is InChI=1S/C9H10F3NO5S/c10-9(11,12)19(16,17)18-13-7(14)5-3-1-2-4-6(5)8(13)15/h5-6H,1-4H2. The van der Waals surface area contributed by atoms with Crippen molar-refractivity contribution in [1.29, 1.82) is 0 Å². The summed E-state index contributed by atoms with van der Waals surface area (Å²) >= 11 is 0. The lowest BCUT2D eigenvalue weighted by Crippen LogP contribution is -2.38. The van der Waals surface area contributed by atoms with Crippen molar-refractivity contribution < 1.29 is 35.5 Å². The number of alkyl halides is 3. The van der Waals surface area contributed by atoms with Crippen LogP contribution in [-0.4, -0.2) is 30.8 Å². The Labute approximate surface area is 106 Å². The fraction of sp³-hybridized carbons (Fsp3) is 0.778. The minimum Gasteiger partial charge on any atom is -0.272 e. The molecule has 6 nitrogen and oxygen atoms in total. The fourth-order valence-corrected chi connectivity index (χ4v) is 2.77. The normalized spacial score (nSPS) is 28.7. The molecule has 1 aliphatic heterocycles. The molecule has 2 amide bonds. The number of carbonyl (C=O) groups is 2. The molecule has 0 aromatic heterocycles. The number of rotatable bonds is 2. The Morgan fingerprint density at radius 2 is 1.47 bits per heavy atom. The SMILES string of the molecule is O=C1C2CCCCC2C(=O)N1OS(=O)(=O)C(F)(F)F. The largest absolute Gasteiger partial charge is 0.525 e. The lowest BCUT2D eigenvalue weighted by atomic mass is 9.81. The molecule has 0 N–H and O–H groups in total. The van der Waals surface area contributed by atoms with Crippen molar-refractivity contribution in [3.8, 4) is 0 Å². The summed E-state index contributed by atoms with van der Waals surface area (Å²) < 4.78 is 61.7. The van der Waals surface area contributed by atoms with Gasteiger partial charge in [0, 0.05) is 0 Å². The third-order valence-electron chi connectivity index (χ3n) is 3.26. The molecule has 2 aliphatic rings. The lowest BCUT2D eigenvalue weighted by Gasteiger charge is -2.19. The predicted molar refractivity (Wildman–Crippen MR) is 53.4 cm³/mol. The van der Waals surface area contributed by atoms with Crippen LogP contribution in [0.3, 0.4) is 0 Å². The van der Waals surface area contributed by atoms with Gasteiger partial charge >= 0.3 is 15.6 Å². The van der Waals surface area contributed by atoms with E-state index in [1.807, 2.05) is 0 Å². The van der Waals surface area contributed by atoms with E-state index in [1.54, 1.807) is 0 Å². The second-order valence-corrected chi connectivity index (χ2v) is 5.96. The lowest BCUT2D eigenvalue weighted by molar-refractivity contribution is -0.168. The van der Waals surface area contributed by atoms with E-state index in [9.17, 15) is 31.2 Å². The summed E-state index contributed by atoms with van der Waals surface area (Å²) in [4.78, 5) is 23.4. The molecular formula is C9H10F3NO5S. The minimum atomic E-state index is -6.01. The van der Waals surface area contributed by atoms with E-state index < -0.39 is 39.3 Å². The molecular weight excluding hydrogens is 291 g/mol. The monoisotopic (exact) mass is 301 g/mol. The van der Waals surface area contributed by atoms with Crippen LogP contribution in [0.2, 0.25) is 0 Å². The molecule has 1 heterocycles. The van der Waals surface area contributed by atoms with Gasteiger partial charge in [0.15, 0.2) is 0 Å². The molecule has 0 bridgehead atoms. The van der Waals surface area contributed by atoms with E-state index >= 15 is 0 Å². The van der Waals surface area contributed by atoms with Gasteiger partial charge in [-0.1, -0.05) is 12.8 Å². The maximum atomic E-state index is 12.1. The van der Waals surface area contributed by atoms with Gasteiger partial charge in [-0.2, -0.15) is 21.6 Å². The third kappa shape index (κ3) is 2.34. The van der Waals surface area contributed by atoms with Crippen molar-refractivity contribution in [2.24, 2.45) is 11.8 Å². The Hall–Kier alpha value is -1.16. The number of hydrogen-bond donors (Lipinski definition) is 0. The minimum absolute atomic E-state index is 0.247. The van der Waals surface area contributed by atoms with E-state index in [0.29, 0.717) is 25.7 Å². The molecule has 0 radical (unpaired) electrons. The van der Waals surface area contributed by atoms with Crippen LogP contribution >= 0.6 is 0 Å². The maximum absolute atomic E-state index is 12.1. The van der Waals surface area contributed by atoms with E-state index in [2.05, 4.69) is 4.28 Å². The van der Waals surface area contributed by atoms with Crippen LogP contribution in [0.5, 0.6) is 0 Å². The zero-order valence-corrected chi connectivity index (χ0v) is 10.3. The number of hydroxylamine groups is 2. The summed E-state index contributed by atoms with van der Waals surface area (Å²) in [5.74, 6) is -3.57. The van der Waals surface area contributed by atoms with Crippen LogP contribution in [0.1, 0.15) is 25.7 Å². The van der Waals surface area contributed by atoms with Crippen LogP contribution in [-0.2, 0) is 24.0 Å². The van der Waals surface area contributed by atoms with Gasteiger partial charge in [0.1, 0.15) is 0 Å². The van der Waals surface area contributed by atoms with Gasteiger partial charge in [0.25, 0.3) is 11.8 Å². The first-order valence-electron chi connectivity index (χ1n) is 5.54. The summed E-state index contributed by atoms with van der Waals surface area (Å²) in [6.45, 7) is 0. The Balaban J connectivity index is 2.22. The molecule has 1 saturated carbocycles. The van der Waals surface area contributed by atoms with Gasteiger partial charge in [-0.05, 0) is 12.8 Å². The van der Waals surface area contributed by atoms with Gasteiger partial charge in [-0.25, -0.2) is 0 Å². The van der Waals surface area contributed by atoms with E-state index in [4.69, 9.17) is 0 Å². The molecule has 2 atom stereocenters. The quantitative estimate of drug-likeness (QED) is 0.560. The molecule has 10 heteroatoms. The van der Waals surface area contributed by atoms with Gasteiger partial charge in [0.05, 0.1) is 11.8 Å². The zero-order valence-electron chi connectivity index (χ0n) is 9.51. The molecule has 0 spiro atoms. The van der Waals surface area contributed by atoms with Gasteiger partial charge in [-0.3, -0.25) is 9.59 Å². The number of nitrogens with zero attached hydrogens (tertiary/aromatic N) is 1. The van der Waals surface area contributed by atoms with Crippen molar-refractivity contribution in [2.45, 2.75) is 31.2 Å². The fourth-order valence-electron chi connectivity index (χ4n) is 2.35. The molecule has 0 aromatic rings. The summed E-state index contributed by atoms with van der Waals surface area (Å²) in [7, 11) is -6.01. The summed E-state index contributed by atoms with van der Waals surface area (Å²) in [5.41, 5.74) is -5.68. The topological polar surface area (TPSA) is 80.8 Å².